The highest BCUT2D eigenvalue weighted by molar-refractivity contribution is 5.95. The van der Waals surface area contributed by atoms with E-state index in [-0.39, 0.29) is 0 Å². The summed E-state index contributed by atoms with van der Waals surface area (Å²) in [6.07, 6.45) is 0. The Morgan fingerprint density at radius 2 is 0.929 bits per heavy atom. The average Bonchev–Trinajstić information content (AvgIpc) is 2.71. The lowest BCUT2D eigenvalue weighted by atomic mass is 9.83. The fraction of sp³-hybridized carbons (Fsp3) is 0.143. The summed E-state index contributed by atoms with van der Waals surface area (Å²) in [5.74, 6) is 0. The molecule has 2 aliphatic rings. The number of rotatable bonds is 2. The van der Waals surface area contributed by atoms with Crippen LogP contribution in [0.1, 0.15) is 26.3 Å². The summed E-state index contributed by atoms with van der Waals surface area (Å²) in [7, 11) is 0. The lowest BCUT2D eigenvalue weighted by molar-refractivity contribution is 0.590. The molecule has 0 saturated carbocycles. The standard InChI is InChI=1S/C18H12.C10H14/c1-2-4-13(5-3-1)14-6-8-15(9-7-14)18-12-16-10-11-17(16)18;1-10(2,3)9-7-5-4-6-8-9/h1-12H;4-8H,1-3H3. The van der Waals surface area contributed by atoms with Crippen LogP contribution in [0, 0.1) is 0 Å². The highest BCUT2D eigenvalue weighted by Crippen LogP contribution is 2.43. The molecule has 0 aliphatic heterocycles. The summed E-state index contributed by atoms with van der Waals surface area (Å²) in [5, 5.41) is 0. The minimum absolute atomic E-state index is 0.293. The van der Waals surface area contributed by atoms with Gasteiger partial charge >= 0.3 is 0 Å². The molecular formula is C28H26. The molecule has 3 aromatic carbocycles. The van der Waals surface area contributed by atoms with Crippen LogP contribution in [0.25, 0.3) is 33.4 Å². The van der Waals surface area contributed by atoms with Gasteiger partial charge in [0.2, 0.25) is 0 Å². The van der Waals surface area contributed by atoms with E-state index in [2.05, 4.69) is 118 Å². The quantitative estimate of drug-likeness (QED) is 0.298. The summed E-state index contributed by atoms with van der Waals surface area (Å²) >= 11 is 0. The largest absolute Gasteiger partial charge is 0.0622 e. The summed E-state index contributed by atoms with van der Waals surface area (Å²) in [6, 6.07) is 36.5. The van der Waals surface area contributed by atoms with Crippen molar-refractivity contribution >= 4 is 0 Å². The molecule has 0 bridgehead atoms. The third-order valence-electron chi connectivity index (χ3n) is 5.27. The van der Waals surface area contributed by atoms with Crippen LogP contribution in [0.2, 0.25) is 0 Å². The SMILES string of the molecule is CC(C)(C)c1ccccc1.c1ccc(-c2ccc(-c3cc4ccc3-4)cc2)cc1. The zero-order valence-electron chi connectivity index (χ0n) is 16.8. The van der Waals surface area contributed by atoms with Crippen molar-refractivity contribution in [2.45, 2.75) is 26.2 Å². The Kier molecular flexibility index (Phi) is 4.88. The van der Waals surface area contributed by atoms with Gasteiger partial charge in [0.1, 0.15) is 0 Å². The maximum atomic E-state index is 2.26. The predicted molar refractivity (Wildman–Crippen MR) is 121 cm³/mol. The second-order valence-electron chi connectivity index (χ2n) is 8.32. The van der Waals surface area contributed by atoms with Gasteiger partial charge in [0.05, 0.1) is 0 Å². The van der Waals surface area contributed by atoms with E-state index in [4.69, 9.17) is 0 Å². The van der Waals surface area contributed by atoms with Crippen LogP contribution in [0.4, 0.5) is 0 Å². The van der Waals surface area contributed by atoms with Crippen LogP contribution in [0.5, 0.6) is 0 Å². The smallest absolute Gasteiger partial charge is 0.00992 e. The van der Waals surface area contributed by atoms with Crippen LogP contribution in [-0.4, -0.2) is 0 Å². The summed E-state index contributed by atoms with van der Waals surface area (Å²) in [4.78, 5) is 0. The topological polar surface area (TPSA) is 0 Å². The van der Waals surface area contributed by atoms with Crippen LogP contribution in [0.3, 0.4) is 0 Å². The van der Waals surface area contributed by atoms with Crippen molar-refractivity contribution < 1.29 is 0 Å². The molecule has 0 atom stereocenters. The molecule has 0 radical (unpaired) electrons. The lowest BCUT2D eigenvalue weighted by Crippen LogP contribution is -2.10. The molecule has 0 fully saturated rings. The fourth-order valence-electron chi connectivity index (χ4n) is 3.44. The molecule has 0 aromatic heterocycles. The molecule has 0 heteroatoms. The van der Waals surface area contributed by atoms with Gasteiger partial charge in [0.25, 0.3) is 0 Å². The van der Waals surface area contributed by atoms with E-state index < -0.39 is 0 Å². The highest BCUT2D eigenvalue weighted by Gasteiger charge is 2.17. The van der Waals surface area contributed by atoms with E-state index in [1.807, 2.05) is 6.07 Å². The highest BCUT2D eigenvalue weighted by atomic mass is 14.2. The third kappa shape index (κ3) is 3.77. The zero-order chi connectivity index (χ0) is 19.6. The van der Waals surface area contributed by atoms with E-state index >= 15 is 0 Å². The molecule has 0 spiro atoms. The molecule has 2 aliphatic carbocycles. The lowest BCUT2D eigenvalue weighted by Gasteiger charge is -2.21. The summed E-state index contributed by atoms with van der Waals surface area (Å²) in [5.41, 5.74) is 9.76. The number of benzene rings is 4. The molecule has 0 nitrogen and oxygen atoms in total. The Morgan fingerprint density at radius 3 is 1.36 bits per heavy atom. The Morgan fingerprint density at radius 1 is 0.429 bits per heavy atom. The molecule has 28 heavy (non-hydrogen) atoms. The molecule has 5 rings (SSSR count). The molecule has 0 amide bonds. The van der Waals surface area contributed by atoms with Crippen molar-refractivity contribution in [3.63, 3.8) is 0 Å². The van der Waals surface area contributed by atoms with E-state index in [0.29, 0.717) is 5.41 Å². The molecule has 138 valence electrons. The summed E-state index contributed by atoms with van der Waals surface area (Å²) in [6.45, 7) is 6.67. The average molecular weight is 363 g/mol. The van der Waals surface area contributed by atoms with Crippen LogP contribution in [-0.2, 0) is 5.41 Å². The molecule has 0 saturated heterocycles. The van der Waals surface area contributed by atoms with Gasteiger partial charge in [-0.1, -0.05) is 118 Å². The van der Waals surface area contributed by atoms with Crippen molar-refractivity contribution in [1.29, 1.82) is 0 Å². The van der Waals surface area contributed by atoms with Crippen LogP contribution < -0.4 is 0 Å². The molecule has 0 unspecified atom stereocenters. The minimum atomic E-state index is 0.293. The molecule has 0 heterocycles. The van der Waals surface area contributed by atoms with Crippen molar-refractivity contribution in [3.05, 3.63) is 109 Å². The van der Waals surface area contributed by atoms with Gasteiger partial charge in [-0.3, -0.25) is 0 Å². The summed E-state index contributed by atoms with van der Waals surface area (Å²) < 4.78 is 0. The fourth-order valence-corrected chi connectivity index (χ4v) is 3.44. The first-order valence-electron chi connectivity index (χ1n) is 9.88. The number of hydrogen-bond acceptors (Lipinski definition) is 0. The maximum Gasteiger partial charge on any atom is -0.00992 e. The Labute approximate surface area is 168 Å². The first-order chi connectivity index (χ1) is 13.5. The predicted octanol–water partition coefficient (Wildman–Crippen LogP) is 7.99. The molecule has 0 N–H and O–H groups in total. The van der Waals surface area contributed by atoms with Gasteiger partial charge in [-0.25, -0.2) is 0 Å². The van der Waals surface area contributed by atoms with E-state index in [0.717, 1.165) is 0 Å². The van der Waals surface area contributed by atoms with Gasteiger partial charge in [0, 0.05) is 0 Å². The zero-order valence-corrected chi connectivity index (χ0v) is 16.8. The molecule has 3 aromatic rings. The van der Waals surface area contributed by atoms with Crippen molar-refractivity contribution in [2.24, 2.45) is 0 Å². The minimum Gasteiger partial charge on any atom is -0.0622 e. The third-order valence-corrected chi connectivity index (χ3v) is 5.27. The Balaban J connectivity index is 0.000000165. The van der Waals surface area contributed by atoms with Gasteiger partial charge in [-0.05, 0) is 50.4 Å². The monoisotopic (exact) mass is 362 g/mol. The van der Waals surface area contributed by atoms with Gasteiger partial charge in [-0.15, -0.1) is 0 Å². The van der Waals surface area contributed by atoms with Gasteiger partial charge in [0.15, 0.2) is 0 Å². The molecular weight excluding hydrogens is 336 g/mol. The van der Waals surface area contributed by atoms with Crippen LogP contribution in [0.15, 0.2) is 103 Å². The maximum absolute atomic E-state index is 2.26. The van der Waals surface area contributed by atoms with Crippen LogP contribution >= 0.6 is 0 Å². The number of fused-ring (bicyclic) bond motifs is 1. The first-order valence-corrected chi connectivity index (χ1v) is 9.88. The number of hydrogen-bond donors (Lipinski definition) is 0. The van der Waals surface area contributed by atoms with Gasteiger partial charge < -0.3 is 0 Å². The van der Waals surface area contributed by atoms with E-state index in [9.17, 15) is 0 Å². The van der Waals surface area contributed by atoms with Crippen molar-refractivity contribution in [2.75, 3.05) is 0 Å². The normalized spacial score (nSPS) is 11.4. The second kappa shape index (κ2) is 7.48. The second-order valence-corrected chi connectivity index (χ2v) is 8.32. The van der Waals surface area contributed by atoms with Gasteiger partial charge in [-0.2, -0.15) is 0 Å². The van der Waals surface area contributed by atoms with Crippen molar-refractivity contribution in [3.8, 4) is 33.4 Å². The van der Waals surface area contributed by atoms with E-state index in [1.165, 1.54) is 38.9 Å². The Bertz CT molecular complexity index is 1020. The first kappa shape index (κ1) is 18.3. The Hall–Kier alpha value is -3.12. The van der Waals surface area contributed by atoms with Crippen molar-refractivity contribution in [1.82, 2.24) is 0 Å². The van der Waals surface area contributed by atoms with E-state index in [1.54, 1.807) is 0 Å².